The third kappa shape index (κ3) is 2.85. The molecule has 6 heteroatoms. The number of carbonyl (C=O) groups is 2. The molecule has 0 fully saturated rings. The van der Waals surface area contributed by atoms with Gasteiger partial charge in [-0.1, -0.05) is 6.92 Å². The standard InChI is InChI=1S/C16H17N3O2S/c1-5-13-10(3)22-16(18-13)12(7-17)15(21)14-6-11(9(2)20)8-19(14)4/h6,8,12H,5H2,1-4H3/t12-/m0/s1. The van der Waals surface area contributed by atoms with E-state index >= 15 is 0 Å². The SMILES string of the molecule is CCc1nc([C@@H](C#N)C(=O)c2cc(C(C)=O)cn2C)sc1C. The monoisotopic (exact) mass is 315 g/mol. The van der Waals surface area contributed by atoms with Gasteiger partial charge in [-0.3, -0.25) is 9.59 Å². The fourth-order valence-corrected chi connectivity index (χ4v) is 3.33. The van der Waals surface area contributed by atoms with E-state index in [1.165, 1.54) is 24.3 Å². The van der Waals surface area contributed by atoms with E-state index in [0.717, 1.165) is 17.0 Å². The molecular weight excluding hydrogens is 298 g/mol. The summed E-state index contributed by atoms with van der Waals surface area (Å²) < 4.78 is 1.59. The number of nitriles is 1. The van der Waals surface area contributed by atoms with Gasteiger partial charge in [-0.2, -0.15) is 5.26 Å². The number of ketones is 2. The molecule has 0 amide bonds. The largest absolute Gasteiger partial charge is 0.347 e. The number of aryl methyl sites for hydroxylation is 3. The number of Topliss-reactive ketones (excluding diaryl/α,β-unsaturated/α-hetero) is 2. The fraction of sp³-hybridized carbons (Fsp3) is 0.375. The van der Waals surface area contributed by atoms with Crippen LogP contribution in [-0.4, -0.2) is 21.1 Å². The lowest BCUT2D eigenvalue weighted by atomic mass is 10.0. The van der Waals surface area contributed by atoms with E-state index in [0.29, 0.717) is 16.3 Å². The minimum Gasteiger partial charge on any atom is -0.347 e. The van der Waals surface area contributed by atoms with Gasteiger partial charge in [0.2, 0.25) is 5.78 Å². The molecule has 0 aliphatic rings. The van der Waals surface area contributed by atoms with Crippen molar-refractivity contribution in [3.8, 4) is 6.07 Å². The number of hydrogen-bond acceptors (Lipinski definition) is 5. The van der Waals surface area contributed by atoms with Crippen molar-refractivity contribution in [2.24, 2.45) is 7.05 Å². The molecule has 0 aliphatic heterocycles. The van der Waals surface area contributed by atoms with Gasteiger partial charge in [0.05, 0.1) is 17.5 Å². The topological polar surface area (TPSA) is 75.8 Å². The lowest BCUT2D eigenvalue weighted by Crippen LogP contribution is -2.14. The van der Waals surface area contributed by atoms with Crippen molar-refractivity contribution < 1.29 is 9.59 Å². The Balaban J connectivity index is 2.41. The minimum absolute atomic E-state index is 0.110. The van der Waals surface area contributed by atoms with Crippen molar-refractivity contribution in [1.29, 1.82) is 5.26 Å². The van der Waals surface area contributed by atoms with Gasteiger partial charge >= 0.3 is 0 Å². The number of aromatic nitrogens is 2. The second kappa shape index (κ2) is 6.24. The molecule has 2 heterocycles. The molecular formula is C16H17N3O2S. The van der Waals surface area contributed by atoms with Crippen LogP contribution in [-0.2, 0) is 13.5 Å². The first-order valence-electron chi connectivity index (χ1n) is 6.96. The Kier molecular flexibility index (Phi) is 4.57. The van der Waals surface area contributed by atoms with Crippen molar-refractivity contribution in [2.45, 2.75) is 33.1 Å². The summed E-state index contributed by atoms with van der Waals surface area (Å²) in [5.74, 6) is -1.37. The van der Waals surface area contributed by atoms with Gasteiger partial charge in [0.25, 0.3) is 0 Å². The maximum absolute atomic E-state index is 12.7. The zero-order chi connectivity index (χ0) is 16.4. The van der Waals surface area contributed by atoms with Gasteiger partial charge in [-0.25, -0.2) is 4.98 Å². The summed E-state index contributed by atoms with van der Waals surface area (Å²) in [6.07, 6.45) is 2.38. The molecule has 0 saturated heterocycles. The lowest BCUT2D eigenvalue weighted by molar-refractivity contribution is 0.0970. The Labute approximate surface area is 133 Å². The molecule has 0 aliphatic carbocycles. The number of carbonyl (C=O) groups excluding carboxylic acids is 2. The molecule has 2 aromatic rings. The Hall–Kier alpha value is -2.26. The molecule has 114 valence electrons. The zero-order valence-corrected chi connectivity index (χ0v) is 13.8. The summed E-state index contributed by atoms with van der Waals surface area (Å²) in [6, 6.07) is 3.58. The minimum atomic E-state index is -0.933. The van der Waals surface area contributed by atoms with Crippen LogP contribution in [0.5, 0.6) is 0 Å². The quantitative estimate of drug-likeness (QED) is 0.795. The van der Waals surface area contributed by atoms with Crippen LogP contribution in [0.2, 0.25) is 0 Å². The van der Waals surface area contributed by atoms with Crippen LogP contribution in [0, 0.1) is 18.3 Å². The van der Waals surface area contributed by atoms with E-state index in [9.17, 15) is 14.9 Å². The highest BCUT2D eigenvalue weighted by atomic mass is 32.1. The molecule has 5 nitrogen and oxygen atoms in total. The fourth-order valence-electron chi connectivity index (χ4n) is 2.28. The van der Waals surface area contributed by atoms with Crippen molar-refractivity contribution in [3.63, 3.8) is 0 Å². The first-order valence-corrected chi connectivity index (χ1v) is 7.78. The van der Waals surface area contributed by atoms with E-state index in [1.54, 1.807) is 17.8 Å². The van der Waals surface area contributed by atoms with E-state index in [1.807, 2.05) is 19.9 Å². The molecule has 0 aromatic carbocycles. The maximum Gasteiger partial charge on any atom is 0.203 e. The highest BCUT2D eigenvalue weighted by molar-refractivity contribution is 7.12. The number of nitrogens with zero attached hydrogens (tertiary/aromatic N) is 3. The Bertz CT molecular complexity index is 780. The van der Waals surface area contributed by atoms with Gasteiger partial charge < -0.3 is 4.57 Å². The molecule has 1 atom stereocenters. The highest BCUT2D eigenvalue weighted by Gasteiger charge is 2.28. The van der Waals surface area contributed by atoms with Crippen molar-refractivity contribution >= 4 is 22.9 Å². The van der Waals surface area contributed by atoms with Crippen molar-refractivity contribution in [2.75, 3.05) is 0 Å². The smallest absolute Gasteiger partial charge is 0.203 e. The summed E-state index contributed by atoms with van der Waals surface area (Å²) in [5.41, 5.74) is 1.74. The van der Waals surface area contributed by atoms with E-state index in [4.69, 9.17) is 0 Å². The summed E-state index contributed by atoms with van der Waals surface area (Å²) >= 11 is 1.38. The molecule has 2 aromatic heterocycles. The lowest BCUT2D eigenvalue weighted by Gasteiger charge is -2.05. The third-order valence-electron chi connectivity index (χ3n) is 3.55. The van der Waals surface area contributed by atoms with E-state index in [2.05, 4.69) is 4.98 Å². The van der Waals surface area contributed by atoms with Gasteiger partial charge in [0.15, 0.2) is 11.7 Å². The van der Waals surface area contributed by atoms with Crippen molar-refractivity contribution in [1.82, 2.24) is 9.55 Å². The number of rotatable bonds is 5. The van der Waals surface area contributed by atoms with Crippen LogP contribution >= 0.6 is 11.3 Å². The third-order valence-corrected chi connectivity index (χ3v) is 4.62. The second-order valence-electron chi connectivity index (χ2n) is 5.12. The highest BCUT2D eigenvalue weighted by Crippen LogP contribution is 2.28. The van der Waals surface area contributed by atoms with Gasteiger partial charge in [-0.15, -0.1) is 11.3 Å². The first-order chi connectivity index (χ1) is 10.4. The van der Waals surface area contributed by atoms with Crippen molar-refractivity contribution in [3.05, 3.63) is 39.1 Å². The Morgan fingerprint density at radius 3 is 2.64 bits per heavy atom. The van der Waals surface area contributed by atoms with Crippen LogP contribution in [0.25, 0.3) is 0 Å². The number of hydrogen-bond donors (Lipinski definition) is 0. The van der Waals surface area contributed by atoms with Crippen LogP contribution in [0.3, 0.4) is 0 Å². The maximum atomic E-state index is 12.7. The Morgan fingerprint density at radius 1 is 1.50 bits per heavy atom. The van der Waals surface area contributed by atoms with Crippen LogP contribution < -0.4 is 0 Å². The normalized spacial score (nSPS) is 12.0. The average Bonchev–Trinajstić information content (AvgIpc) is 3.03. The first kappa shape index (κ1) is 16.1. The van der Waals surface area contributed by atoms with Gasteiger partial charge in [0.1, 0.15) is 5.01 Å². The van der Waals surface area contributed by atoms with E-state index < -0.39 is 5.92 Å². The molecule has 0 spiro atoms. The molecule has 0 unspecified atom stereocenters. The Morgan fingerprint density at radius 2 is 2.18 bits per heavy atom. The summed E-state index contributed by atoms with van der Waals surface area (Å²) in [6.45, 7) is 5.38. The molecule has 0 N–H and O–H groups in total. The zero-order valence-electron chi connectivity index (χ0n) is 13.0. The molecule has 0 saturated carbocycles. The van der Waals surface area contributed by atoms with E-state index in [-0.39, 0.29) is 11.6 Å². The number of thiazole rings is 1. The predicted molar refractivity (Wildman–Crippen MR) is 84.3 cm³/mol. The molecule has 0 bridgehead atoms. The summed E-state index contributed by atoms with van der Waals surface area (Å²) in [5, 5.41) is 9.93. The van der Waals surface area contributed by atoms with Crippen LogP contribution in [0.4, 0.5) is 0 Å². The summed E-state index contributed by atoms with van der Waals surface area (Å²) in [4.78, 5) is 29.5. The summed E-state index contributed by atoms with van der Waals surface area (Å²) in [7, 11) is 1.69. The molecule has 22 heavy (non-hydrogen) atoms. The second-order valence-corrected chi connectivity index (χ2v) is 6.35. The van der Waals surface area contributed by atoms with Gasteiger partial charge in [0, 0.05) is 23.7 Å². The van der Waals surface area contributed by atoms with Gasteiger partial charge in [-0.05, 0) is 26.3 Å². The van der Waals surface area contributed by atoms with Crippen LogP contribution in [0.15, 0.2) is 12.3 Å². The molecule has 0 radical (unpaired) electrons. The average molecular weight is 315 g/mol. The predicted octanol–water partition coefficient (Wildman–Crippen LogP) is 3.05. The molecule has 2 rings (SSSR count). The van der Waals surface area contributed by atoms with Crippen LogP contribution in [0.1, 0.15) is 56.2 Å².